The van der Waals surface area contributed by atoms with Crippen LogP contribution in [0.2, 0.25) is 5.02 Å². The van der Waals surface area contributed by atoms with E-state index in [1.165, 1.54) is 74.1 Å². The second kappa shape index (κ2) is 11.9. The minimum atomic E-state index is 0.510. The summed E-state index contributed by atoms with van der Waals surface area (Å²) >= 11 is 8.42. The average molecular weight is 483 g/mol. The Bertz CT molecular complexity index is 1080. The number of aromatic nitrogens is 3. The predicted octanol–water partition coefficient (Wildman–Crippen LogP) is 8.11. The molecule has 2 aromatic heterocycles. The number of halogens is 1. The minimum Gasteiger partial charge on any atom is -0.276 e. The van der Waals surface area contributed by atoms with Crippen LogP contribution in [-0.4, -0.2) is 20.5 Å². The first kappa shape index (κ1) is 24.2. The molecule has 0 saturated carbocycles. The summed E-state index contributed by atoms with van der Waals surface area (Å²) in [7, 11) is 0. The lowest BCUT2D eigenvalue weighted by Crippen LogP contribution is -2.05. The number of unbranched alkanes of at least 4 members (excludes halogenated alkanes) is 9. The van der Waals surface area contributed by atoms with Gasteiger partial charge in [0.25, 0.3) is 0 Å². The van der Waals surface area contributed by atoms with Crippen LogP contribution in [0, 0.1) is 6.92 Å². The molecule has 0 saturated heterocycles. The van der Waals surface area contributed by atoms with Gasteiger partial charge in [-0.2, -0.15) is 0 Å². The third kappa shape index (κ3) is 5.93. The van der Waals surface area contributed by atoms with E-state index in [0.717, 1.165) is 39.9 Å². The molecule has 0 amide bonds. The van der Waals surface area contributed by atoms with Crippen molar-refractivity contribution in [3.8, 4) is 5.00 Å². The maximum absolute atomic E-state index is 6.57. The lowest BCUT2D eigenvalue weighted by Gasteiger charge is -2.08. The summed E-state index contributed by atoms with van der Waals surface area (Å²) in [5.41, 5.74) is 3.10. The normalized spacial score (nSPS) is 12.9. The molecule has 0 atom stereocenters. The summed E-state index contributed by atoms with van der Waals surface area (Å²) in [5, 5.41) is 10.6. The Hall–Kier alpha value is -1.98. The number of rotatable bonds is 12. The van der Waals surface area contributed by atoms with Gasteiger partial charge in [-0.25, -0.2) is 0 Å². The second-order valence-electron chi connectivity index (χ2n) is 9.01. The molecule has 0 fully saturated rings. The molecule has 1 aliphatic rings. The SMILES string of the molecule is CCCCCCCCCCCCc1cc2c(s1)-n1c(C)nnc1CN=C2c1ccccc1Cl. The third-order valence-corrected chi connectivity index (χ3v) is 7.91. The zero-order valence-electron chi connectivity index (χ0n) is 19.9. The van der Waals surface area contributed by atoms with Gasteiger partial charge in [0, 0.05) is 21.0 Å². The van der Waals surface area contributed by atoms with Gasteiger partial charge in [0.1, 0.15) is 17.4 Å². The van der Waals surface area contributed by atoms with Crippen molar-refractivity contribution in [1.29, 1.82) is 0 Å². The number of aliphatic imine (C=N–C) groups is 1. The van der Waals surface area contributed by atoms with E-state index >= 15 is 0 Å². The van der Waals surface area contributed by atoms with Gasteiger partial charge in [-0.3, -0.25) is 9.56 Å². The van der Waals surface area contributed by atoms with Crippen LogP contribution in [0.15, 0.2) is 35.3 Å². The first-order chi connectivity index (χ1) is 16.2. The second-order valence-corrected chi connectivity index (χ2v) is 10.5. The molecular formula is C27H35ClN4S. The zero-order chi connectivity index (χ0) is 23.0. The first-order valence-corrected chi connectivity index (χ1v) is 13.7. The Morgan fingerprint density at radius 1 is 0.909 bits per heavy atom. The van der Waals surface area contributed by atoms with Crippen LogP contribution >= 0.6 is 22.9 Å². The Morgan fingerprint density at radius 3 is 2.33 bits per heavy atom. The van der Waals surface area contributed by atoms with E-state index < -0.39 is 0 Å². The van der Waals surface area contributed by atoms with Crippen molar-refractivity contribution in [2.75, 3.05) is 0 Å². The molecule has 4 rings (SSSR count). The van der Waals surface area contributed by atoms with E-state index in [-0.39, 0.29) is 0 Å². The van der Waals surface area contributed by atoms with Gasteiger partial charge in [0.2, 0.25) is 0 Å². The molecule has 6 heteroatoms. The quantitative estimate of drug-likeness (QED) is 0.245. The van der Waals surface area contributed by atoms with Gasteiger partial charge in [-0.1, -0.05) is 94.5 Å². The summed E-state index contributed by atoms with van der Waals surface area (Å²) < 4.78 is 2.18. The van der Waals surface area contributed by atoms with Crippen LogP contribution in [-0.2, 0) is 13.0 Å². The fourth-order valence-electron chi connectivity index (χ4n) is 4.57. The highest BCUT2D eigenvalue weighted by atomic mass is 35.5. The summed E-state index contributed by atoms with van der Waals surface area (Å²) in [6, 6.07) is 10.3. The van der Waals surface area contributed by atoms with Crippen molar-refractivity contribution in [2.45, 2.75) is 91.0 Å². The fourth-order valence-corrected chi connectivity index (χ4v) is 6.06. The molecule has 0 aliphatic carbocycles. The summed E-state index contributed by atoms with van der Waals surface area (Å²) in [6.07, 6.45) is 14.7. The number of nitrogens with zero attached hydrogens (tertiary/aromatic N) is 4. The maximum atomic E-state index is 6.57. The number of hydrogen-bond donors (Lipinski definition) is 0. The molecule has 0 bridgehead atoms. The van der Waals surface area contributed by atoms with Crippen LogP contribution in [0.1, 0.15) is 98.8 Å². The van der Waals surface area contributed by atoms with E-state index in [4.69, 9.17) is 16.6 Å². The molecule has 3 aromatic rings. The number of hydrogen-bond acceptors (Lipinski definition) is 4. The molecule has 3 heterocycles. The van der Waals surface area contributed by atoms with Gasteiger partial charge in [-0.15, -0.1) is 21.5 Å². The molecule has 1 aromatic carbocycles. The highest BCUT2D eigenvalue weighted by Crippen LogP contribution is 2.35. The van der Waals surface area contributed by atoms with E-state index in [2.05, 4.69) is 33.8 Å². The van der Waals surface area contributed by atoms with Gasteiger partial charge < -0.3 is 0 Å². The van der Waals surface area contributed by atoms with Crippen LogP contribution in [0.5, 0.6) is 0 Å². The Kier molecular flexibility index (Phi) is 8.74. The smallest absolute Gasteiger partial charge is 0.160 e. The van der Waals surface area contributed by atoms with Crippen molar-refractivity contribution in [3.05, 3.63) is 63.0 Å². The van der Waals surface area contributed by atoms with Crippen LogP contribution < -0.4 is 0 Å². The molecular weight excluding hydrogens is 448 g/mol. The molecule has 0 N–H and O–H groups in total. The van der Waals surface area contributed by atoms with Crippen LogP contribution in [0.3, 0.4) is 0 Å². The molecule has 176 valence electrons. The van der Waals surface area contributed by atoms with Gasteiger partial charge in [-0.05, 0) is 31.9 Å². The molecule has 4 nitrogen and oxygen atoms in total. The Labute approximate surface area is 207 Å². The lowest BCUT2D eigenvalue weighted by atomic mass is 10.0. The van der Waals surface area contributed by atoms with Crippen molar-refractivity contribution >= 4 is 28.6 Å². The van der Waals surface area contributed by atoms with Gasteiger partial charge in [0.05, 0.1) is 5.71 Å². The van der Waals surface area contributed by atoms with Crippen molar-refractivity contribution in [1.82, 2.24) is 14.8 Å². The van der Waals surface area contributed by atoms with Crippen LogP contribution in [0.4, 0.5) is 0 Å². The fraction of sp³-hybridized carbons (Fsp3) is 0.519. The summed E-state index contributed by atoms with van der Waals surface area (Å²) in [4.78, 5) is 6.34. The first-order valence-electron chi connectivity index (χ1n) is 12.5. The lowest BCUT2D eigenvalue weighted by molar-refractivity contribution is 0.557. The van der Waals surface area contributed by atoms with Crippen LogP contribution in [0.25, 0.3) is 5.00 Å². The topological polar surface area (TPSA) is 43.1 Å². The number of benzene rings is 1. The minimum absolute atomic E-state index is 0.510. The van der Waals surface area contributed by atoms with Crippen molar-refractivity contribution in [3.63, 3.8) is 0 Å². The van der Waals surface area contributed by atoms with E-state index in [0.29, 0.717) is 6.54 Å². The summed E-state index contributed by atoms with van der Waals surface area (Å²) in [5.74, 6) is 1.80. The standard InChI is InChI=1S/C27H35ClN4S/c1-3-4-5-6-7-8-9-10-11-12-15-21-18-23-26(22-16-13-14-17-24(22)28)29-19-25-31-30-20(2)32(25)27(23)33-21/h13-14,16-18H,3-12,15,19H2,1-2H3. The number of fused-ring (bicyclic) bond motifs is 3. The highest BCUT2D eigenvalue weighted by Gasteiger charge is 2.25. The van der Waals surface area contributed by atoms with Crippen molar-refractivity contribution in [2.24, 2.45) is 4.99 Å². The maximum Gasteiger partial charge on any atom is 0.160 e. The molecule has 0 spiro atoms. The molecule has 0 radical (unpaired) electrons. The zero-order valence-corrected chi connectivity index (χ0v) is 21.5. The van der Waals surface area contributed by atoms with Gasteiger partial charge >= 0.3 is 0 Å². The number of thiophene rings is 1. The Morgan fingerprint density at radius 2 is 1.61 bits per heavy atom. The van der Waals surface area contributed by atoms with E-state index in [9.17, 15) is 0 Å². The molecule has 1 aliphatic heterocycles. The summed E-state index contributed by atoms with van der Waals surface area (Å²) in [6.45, 7) is 4.81. The van der Waals surface area contributed by atoms with Crippen molar-refractivity contribution < 1.29 is 0 Å². The van der Waals surface area contributed by atoms with E-state index in [1.54, 1.807) is 0 Å². The molecule has 33 heavy (non-hydrogen) atoms. The average Bonchev–Trinajstić information content (AvgIpc) is 3.35. The third-order valence-electron chi connectivity index (χ3n) is 6.40. The molecule has 0 unspecified atom stereocenters. The largest absolute Gasteiger partial charge is 0.276 e. The highest BCUT2D eigenvalue weighted by molar-refractivity contribution is 7.15. The predicted molar refractivity (Wildman–Crippen MR) is 140 cm³/mol. The Balaban J connectivity index is 1.42. The van der Waals surface area contributed by atoms with Gasteiger partial charge in [0.15, 0.2) is 5.82 Å². The van der Waals surface area contributed by atoms with E-state index in [1.807, 2.05) is 36.5 Å². The monoisotopic (exact) mass is 482 g/mol. The number of aryl methyl sites for hydroxylation is 2.